The number of primary amides is 1. The third-order valence-electron chi connectivity index (χ3n) is 5.93. The minimum Gasteiger partial charge on any atom is -0.497 e. The maximum absolute atomic E-state index is 12.4. The smallest absolute Gasteiger partial charge is 0.253 e. The number of amides is 2. The fourth-order valence-electron chi connectivity index (χ4n) is 3.79. The van der Waals surface area contributed by atoms with Gasteiger partial charge in [0.05, 0.1) is 13.7 Å². The van der Waals surface area contributed by atoms with Crippen LogP contribution in [0.2, 0.25) is 0 Å². The average Bonchev–Trinajstić information content (AvgIpc) is 2.82. The van der Waals surface area contributed by atoms with E-state index in [1.165, 1.54) is 5.56 Å². The predicted octanol–water partition coefficient (Wildman–Crippen LogP) is 2.98. The van der Waals surface area contributed by atoms with Crippen LogP contribution in [0.15, 0.2) is 48.5 Å². The molecule has 1 unspecified atom stereocenters. The molecule has 0 saturated carbocycles. The lowest BCUT2D eigenvalue weighted by molar-refractivity contribution is -0.127. The maximum atomic E-state index is 12.4. The van der Waals surface area contributed by atoms with E-state index >= 15 is 0 Å². The van der Waals surface area contributed by atoms with E-state index in [1.54, 1.807) is 14.0 Å². The molecule has 172 valence electrons. The van der Waals surface area contributed by atoms with Crippen molar-refractivity contribution in [3.8, 4) is 5.75 Å². The van der Waals surface area contributed by atoms with E-state index in [2.05, 4.69) is 10.2 Å². The number of hydrogen-bond acceptors (Lipinski definition) is 5. The van der Waals surface area contributed by atoms with Crippen LogP contribution in [0.4, 0.5) is 5.69 Å². The molecule has 3 rings (SSSR count). The van der Waals surface area contributed by atoms with Crippen LogP contribution in [0.1, 0.15) is 30.9 Å². The molecular formula is C25H33N3O4. The molecule has 1 aliphatic heterocycles. The Bertz CT molecular complexity index is 892. The monoisotopic (exact) mass is 439 g/mol. The van der Waals surface area contributed by atoms with E-state index in [4.69, 9.17) is 15.2 Å². The number of nitrogens with zero attached hydrogens (tertiary/aromatic N) is 1. The lowest BCUT2D eigenvalue weighted by atomic mass is 9.96. The van der Waals surface area contributed by atoms with Crippen molar-refractivity contribution in [1.29, 1.82) is 0 Å². The Labute approximate surface area is 189 Å². The highest BCUT2D eigenvalue weighted by atomic mass is 16.5. The Morgan fingerprint density at radius 1 is 1.12 bits per heavy atom. The van der Waals surface area contributed by atoms with Crippen molar-refractivity contribution in [3.05, 3.63) is 59.7 Å². The third-order valence-corrected chi connectivity index (χ3v) is 5.93. The van der Waals surface area contributed by atoms with Gasteiger partial charge in [0, 0.05) is 18.2 Å². The predicted molar refractivity (Wildman–Crippen MR) is 124 cm³/mol. The summed E-state index contributed by atoms with van der Waals surface area (Å²) in [5, 5.41) is 2.91. The highest BCUT2D eigenvalue weighted by Crippen LogP contribution is 2.18. The van der Waals surface area contributed by atoms with Crippen molar-refractivity contribution in [2.45, 2.75) is 38.9 Å². The first-order chi connectivity index (χ1) is 15.4. The van der Waals surface area contributed by atoms with Crippen LogP contribution in [-0.2, 0) is 27.4 Å². The van der Waals surface area contributed by atoms with Gasteiger partial charge in [0.25, 0.3) is 5.91 Å². The zero-order chi connectivity index (χ0) is 22.9. The second-order valence-corrected chi connectivity index (χ2v) is 8.26. The van der Waals surface area contributed by atoms with Gasteiger partial charge < -0.3 is 25.4 Å². The molecule has 2 amide bonds. The second-order valence-electron chi connectivity index (χ2n) is 8.26. The number of piperidine rings is 1. The molecule has 3 N–H and O–H groups in total. The molecule has 0 bridgehead atoms. The molecule has 0 radical (unpaired) electrons. The van der Waals surface area contributed by atoms with Crippen LogP contribution in [-0.4, -0.2) is 49.6 Å². The summed E-state index contributed by atoms with van der Waals surface area (Å²) < 4.78 is 10.9. The van der Waals surface area contributed by atoms with Crippen LogP contribution < -0.4 is 15.8 Å². The topological polar surface area (TPSA) is 93.9 Å². The van der Waals surface area contributed by atoms with Gasteiger partial charge >= 0.3 is 0 Å². The molecule has 7 nitrogen and oxygen atoms in total. The Morgan fingerprint density at radius 2 is 1.84 bits per heavy atom. The number of carbonyl (C=O) groups is 2. The number of methoxy groups -OCH3 is 1. The molecule has 0 aliphatic carbocycles. The standard InChI is InChI=1S/C25H33N3O4/c1-18(32-17-20-4-3-5-23(16-20)31-2)25(30)27-22-8-6-19(7-9-22)10-13-28-14-11-21(12-15-28)24(26)29/h3-9,16,18,21H,10-15,17H2,1-2H3,(H2,26,29)(H,27,30). The first-order valence-electron chi connectivity index (χ1n) is 11.1. The van der Waals surface area contributed by atoms with E-state index in [0.717, 1.165) is 55.9 Å². The highest BCUT2D eigenvalue weighted by molar-refractivity contribution is 5.93. The number of likely N-dealkylation sites (tertiary alicyclic amines) is 1. The van der Waals surface area contributed by atoms with Gasteiger partial charge in [-0.15, -0.1) is 0 Å². The number of nitrogens with two attached hydrogens (primary N) is 1. The van der Waals surface area contributed by atoms with Crippen molar-refractivity contribution in [2.75, 3.05) is 32.1 Å². The summed E-state index contributed by atoms with van der Waals surface area (Å²) in [6.07, 6.45) is 2.04. The van der Waals surface area contributed by atoms with Gasteiger partial charge in [0.2, 0.25) is 5.91 Å². The molecule has 1 aliphatic rings. The second kappa shape index (κ2) is 11.6. The molecule has 2 aromatic rings. The molecule has 1 heterocycles. The van der Waals surface area contributed by atoms with Crippen LogP contribution in [0.3, 0.4) is 0 Å². The van der Waals surface area contributed by atoms with Crippen molar-refractivity contribution >= 4 is 17.5 Å². The Hall–Kier alpha value is -2.90. The maximum Gasteiger partial charge on any atom is 0.253 e. The van der Waals surface area contributed by atoms with Gasteiger partial charge in [-0.2, -0.15) is 0 Å². The first kappa shape index (κ1) is 23.8. The normalized spacial score (nSPS) is 15.8. The Morgan fingerprint density at radius 3 is 2.50 bits per heavy atom. The molecule has 1 atom stereocenters. The quantitative estimate of drug-likeness (QED) is 0.594. The molecular weight excluding hydrogens is 406 g/mol. The number of rotatable bonds is 10. The molecule has 1 saturated heterocycles. The number of nitrogens with one attached hydrogen (secondary N) is 1. The van der Waals surface area contributed by atoms with Gasteiger partial charge in [-0.25, -0.2) is 0 Å². The van der Waals surface area contributed by atoms with Crippen LogP contribution in [0.25, 0.3) is 0 Å². The zero-order valence-electron chi connectivity index (χ0n) is 18.9. The van der Waals surface area contributed by atoms with E-state index in [9.17, 15) is 9.59 Å². The van der Waals surface area contributed by atoms with E-state index in [0.29, 0.717) is 6.61 Å². The minimum atomic E-state index is -0.579. The Kier molecular flexibility index (Phi) is 8.64. The summed E-state index contributed by atoms with van der Waals surface area (Å²) in [6.45, 7) is 4.85. The molecule has 1 fully saturated rings. The molecule has 2 aromatic carbocycles. The van der Waals surface area contributed by atoms with Crippen LogP contribution in [0, 0.1) is 5.92 Å². The fraction of sp³-hybridized carbons (Fsp3) is 0.440. The van der Waals surface area contributed by atoms with Crippen molar-refractivity contribution in [2.24, 2.45) is 11.7 Å². The molecule has 7 heteroatoms. The summed E-state index contributed by atoms with van der Waals surface area (Å²) in [5.41, 5.74) is 8.31. The summed E-state index contributed by atoms with van der Waals surface area (Å²) in [7, 11) is 1.62. The van der Waals surface area contributed by atoms with Crippen LogP contribution >= 0.6 is 0 Å². The largest absolute Gasteiger partial charge is 0.497 e. The van der Waals surface area contributed by atoms with E-state index in [1.807, 2.05) is 48.5 Å². The summed E-state index contributed by atoms with van der Waals surface area (Å²) in [5.74, 6) is 0.426. The number of carbonyl (C=O) groups excluding carboxylic acids is 2. The van der Waals surface area contributed by atoms with Gasteiger partial charge in [0.15, 0.2) is 0 Å². The van der Waals surface area contributed by atoms with E-state index in [-0.39, 0.29) is 17.7 Å². The van der Waals surface area contributed by atoms with E-state index < -0.39 is 6.10 Å². The molecule has 0 spiro atoms. The van der Waals surface area contributed by atoms with Gasteiger partial charge in [-0.3, -0.25) is 9.59 Å². The first-order valence-corrected chi connectivity index (χ1v) is 11.1. The van der Waals surface area contributed by atoms with Crippen molar-refractivity contribution in [3.63, 3.8) is 0 Å². The average molecular weight is 440 g/mol. The summed E-state index contributed by atoms with van der Waals surface area (Å²) in [6, 6.07) is 15.5. The summed E-state index contributed by atoms with van der Waals surface area (Å²) >= 11 is 0. The highest BCUT2D eigenvalue weighted by Gasteiger charge is 2.22. The Balaban J connectivity index is 1.40. The van der Waals surface area contributed by atoms with Gasteiger partial charge in [-0.05, 0) is 74.7 Å². The lowest BCUT2D eigenvalue weighted by Crippen LogP contribution is -2.39. The fourth-order valence-corrected chi connectivity index (χ4v) is 3.79. The van der Waals surface area contributed by atoms with Gasteiger partial charge in [-0.1, -0.05) is 24.3 Å². The van der Waals surface area contributed by atoms with Crippen LogP contribution in [0.5, 0.6) is 5.75 Å². The van der Waals surface area contributed by atoms with Gasteiger partial charge in [0.1, 0.15) is 11.9 Å². The summed E-state index contributed by atoms with van der Waals surface area (Å²) in [4.78, 5) is 26.1. The number of benzene rings is 2. The molecule has 0 aromatic heterocycles. The molecule has 32 heavy (non-hydrogen) atoms. The van der Waals surface area contributed by atoms with Crippen molar-refractivity contribution < 1.29 is 19.1 Å². The zero-order valence-corrected chi connectivity index (χ0v) is 18.9. The lowest BCUT2D eigenvalue weighted by Gasteiger charge is -2.30. The number of ether oxygens (including phenoxy) is 2. The number of anilines is 1. The minimum absolute atomic E-state index is 0.0241. The SMILES string of the molecule is COc1cccc(COC(C)C(=O)Nc2ccc(CCN3CCC(C(N)=O)CC3)cc2)c1. The number of hydrogen-bond donors (Lipinski definition) is 2. The van der Waals surface area contributed by atoms with Crippen molar-refractivity contribution in [1.82, 2.24) is 4.90 Å². The third kappa shape index (κ3) is 7.07.